The van der Waals surface area contributed by atoms with E-state index < -0.39 is 10.0 Å². The number of hydrogen-bond donors (Lipinski definition) is 0. The van der Waals surface area contributed by atoms with Gasteiger partial charge >= 0.3 is 0 Å². The molecule has 2 rings (SSSR count). The highest BCUT2D eigenvalue weighted by molar-refractivity contribution is 9.11. The van der Waals surface area contributed by atoms with Gasteiger partial charge in [-0.2, -0.15) is 4.31 Å². The maximum Gasteiger partial charge on any atom is 0.252 e. The van der Waals surface area contributed by atoms with E-state index in [4.69, 9.17) is 0 Å². The molecule has 1 atom stereocenters. The summed E-state index contributed by atoms with van der Waals surface area (Å²) >= 11 is 8.10. The van der Waals surface area contributed by atoms with Crippen molar-refractivity contribution in [2.24, 2.45) is 5.92 Å². The van der Waals surface area contributed by atoms with E-state index in [0.717, 1.165) is 27.5 Å². The Kier molecular flexibility index (Phi) is 4.91. The Hall–Kier alpha value is 0.570. The first-order chi connectivity index (χ1) is 8.45. The fraction of sp³-hybridized carbons (Fsp3) is 0.636. The minimum atomic E-state index is -3.29. The Labute approximate surface area is 129 Å². The molecule has 0 spiro atoms. The van der Waals surface area contributed by atoms with Crippen LogP contribution in [0.3, 0.4) is 0 Å². The van der Waals surface area contributed by atoms with Crippen LogP contribution in [0.5, 0.6) is 0 Å². The van der Waals surface area contributed by atoms with Gasteiger partial charge in [0.25, 0.3) is 10.0 Å². The van der Waals surface area contributed by atoms with E-state index in [2.05, 4.69) is 31.9 Å². The fourth-order valence-electron chi connectivity index (χ4n) is 2.09. The molecule has 0 radical (unpaired) electrons. The van der Waals surface area contributed by atoms with Crippen LogP contribution in [0.25, 0.3) is 0 Å². The van der Waals surface area contributed by atoms with E-state index in [9.17, 15) is 8.42 Å². The molecule has 0 aliphatic carbocycles. The number of nitrogens with zero attached hydrogens (tertiary/aromatic N) is 1. The molecule has 0 saturated carbocycles. The normalized spacial score (nSPS) is 21.6. The molecule has 1 fully saturated rings. The first-order valence-electron chi connectivity index (χ1n) is 5.77. The molecule has 102 valence electrons. The Morgan fingerprint density at radius 1 is 1.56 bits per heavy atom. The van der Waals surface area contributed by atoms with Gasteiger partial charge in [0.05, 0.1) is 3.79 Å². The first-order valence-corrected chi connectivity index (χ1v) is 9.94. The summed E-state index contributed by atoms with van der Waals surface area (Å²) in [5, 5.41) is 0.940. The maximum absolute atomic E-state index is 12.5. The van der Waals surface area contributed by atoms with Crippen LogP contribution in [-0.2, 0) is 10.0 Å². The van der Waals surface area contributed by atoms with Crippen molar-refractivity contribution in [3.8, 4) is 0 Å². The number of halogens is 2. The largest absolute Gasteiger partial charge is 0.252 e. The van der Waals surface area contributed by atoms with Crippen molar-refractivity contribution in [3.63, 3.8) is 0 Å². The summed E-state index contributed by atoms with van der Waals surface area (Å²) in [5.41, 5.74) is 0.981. The summed E-state index contributed by atoms with van der Waals surface area (Å²) in [6, 6.07) is 1.75. The Morgan fingerprint density at radius 3 is 2.83 bits per heavy atom. The average Bonchev–Trinajstić information content (AvgIpc) is 2.88. The molecule has 0 bridgehead atoms. The molecule has 1 aliphatic heterocycles. The molecule has 7 heteroatoms. The third kappa shape index (κ3) is 3.00. The number of alkyl halides is 1. The van der Waals surface area contributed by atoms with Gasteiger partial charge < -0.3 is 0 Å². The van der Waals surface area contributed by atoms with Crippen LogP contribution < -0.4 is 0 Å². The van der Waals surface area contributed by atoms with Gasteiger partial charge in [0.1, 0.15) is 4.21 Å². The lowest BCUT2D eigenvalue weighted by Crippen LogP contribution is -2.28. The SMILES string of the molecule is Cc1cc(S(=O)(=O)N2CCC(CCBr)C2)sc1Br. The van der Waals surface area contributed by atoms with Crippen molar-refractivity contribution in [2.45, 2.75) is 24.0 Å². The molecule has 0 amide bonds. The molecule has 2 heterocycles. The summed E-state index contributed by atoms with van der Waals surface area (Å²) in [4.78, 5) is 0. The predicted octanol–water partition coefficient (Wildman–Crippen LogP) is 3.61. The van der Waals surface area contributed by atoms with Crippen molar-refractivity contribution < 1.29 is 8.42 Å². The van der Waals surface area contributed by atoms with Crippen molar-refractivity contribution in [2.75, 3.05) is 18.4 Å². The number of aryl methyl sites for hydroxylation is 1. The molecule has 0 aromatic carbocycles. The van der Waals surface area contributed by atoms with E-state index in [0.29, 0.717) is 23.2 Å². The van der Waals surface area contributed by atoms with Crippen molar-refractivity contribution >= 4 is 53.2 Å². The van der Waals surface area contributed by atoms with Gasteiger partial charge in [-0.05, 0) is 53.2 Å². The minimum absolute atomic E-state index is 0.450. The van der Waals surface area contributed by atoms with E-state index >= 15 is 0 Å². The molecule has 0 N–H and O–H groups in total. The second-order valence-corrected chi connectivity index (χ2v) is 9.85. The van der Waals surface area contributed by atoms with Crippen LogP contribution in [0.2, 0.25) is 0 Å². The van der Waals surface area contributed by atoms with E-state index in [1.807, 2.05) is 6.92 Å². The lowest BCUT2D eigenvalue weighted by molar-refractivity contribution is 0.455. The molecular formula is C11H15Br2NO2S2. The summed E-state index contributed by atoms with van der Waals surface area (Å²) in [7, 11) is -3.29. The highest BCUT2D eigenvalue weighted by Crippen LogP contribution is 2.34. The molecule has 1 aliphatic rings. The molecule has 1 saturated heterocycles. The van der Waals surface area contributed by atoms with Crippen LogP contribution in [0.1, 0.15) is 18.4 Å². The lowest BCUT2D eigenvalue weighted by atomic mass is 10.1. The molecule has 1 aromatic heterocycles. The standard InChI is InChI=1S/C11H15Br2NO2S2/c1-8-6-10(17-11(8)13)18(15,16)14-5-3-9(7-14)2-4-12/h6,9H,2-5,7H2,1H3. The molecule has 18 heavy (non-hydrogen) atoms. The Morgan fingerprint density at radius 2 is 2.28 bits per heavy atom. The van der Waals surface area contributed by atoms with Crippen LogP contribution >= 0.6 is 43.2 Å². The topological polar surface area (TPSA) is 37.4 Å². The minimum Gasteiger partial charge on any atom is -0.206 e. The summed E-state index contributed by atoms with van der Waals surface area (Å²) < 4.78 is 27.9. The van der Waals surface area contributed by atoms with Crippen LogP contribution in [0.15, 0.2) is 14.1 Å². The first kappa shape index (κ1) is 15.0. The predicted molar refractivity (Wildman–Crippen MR) is 82.0 cm³/mol. The second-order valence-electron chi connectivity index (χ2n) is 4.52. The quantitative estimate of drug-likeness (QED) is 0.703. The van der Waals surface area contributed by atoms with Crippen molar-refractivity contribution in [1.82, 2.24) is 4.31 Å². The number of rotatable bonds is 4. The zero-order valence-electron chi connectivity index (χ0n) is 10.0. The lowest BCUT2D eigenvalue weighted by Gasteiger charge is -2.15. The van der Waals surface area contributed by atoms with Crippen molar-refractivity contribution in [1.29, 1.82) is 0 Å². The van der Waals surface area contributed by atoms with Crippen LogP contribution in [-0.4, -0.2) is 31.1 Å². The summed E-state index contributed by atoms with van der Waals surface area (Å²) in [5.74, 6) is 0.489. The summed E-state index contributed by atoms with van der Waals surface area (Å²) in [6.07, 6.45) is 2.01. The highest BCUT2D eigenvalue weighted by Gasteiger charge is 2.33. The number of sulfonamides is 1. The van der Waals surface area contributed by atoms with Gasteiger partial charge in [-0.25, -0.2) is 8.42 Å². The molecular weight excluding hydrogens is 402 g/mol. The molecule has 1 unspecified atom stereocenters. The average molecular weight is 417 g/mol. The monoisotopic (exact) mass is 415 g/mol. The zero-order chi connectivity index (χ0) is 13.3. The van der Waals surface area contributed by atoms with Crippen LogP contribution in [0, 0.1) is 12.8 Å². The van der Waals surface area contributed by atoms with Crippen molar-refractivity contribution in [3.05, 3.63) is 15.4 Å². The second kappa shape index (κ2) is 5.91. The number of thiophene rings is 1. The van der Waals surface area contributed by atoms with Gasteiger partial charge in [-0.15, -0.1) is 11.3 Å². The van der Waals surface area contributed by atoms with Gasteiger partial charge in [0.2, 0.25) is 0 Å². The third-order valence-electron chi connectivity index (χ3n) is 3.19. The van der Waals surface area contributed by atoms with Gasteiger partial charge in [-0.3, -0.25) is 0 Å². The fourth-order valence-corrected chi connectivity index (χ4v) is 6.65. The van der Waals surface area contributed by atoms with Crippen LogP contribution in [0.4, 0.5) is 0 Å². The van der Waals surface area contributed by atoms with Gasteiger partial charge in [0, 0.05) is 18.4 Å². The highest BCUT2D eigenvalue weighted by atomic mass is 79.9. The maximum atomic E-state index is 12.5. The zero-order valence-corrected chi connectivity index (χ0v) is 14.8. The van der Waals surface area contributed by atoms with Gasteiger partial charge in [-0.1, -0.05) is 15.9 Å². The number of hydrogen-bond acceptors (Lipinski definition) is 3. The Balaban J connectivity index is 2.17. The third-order valence-corrected chi connectivity index (χ3v) is 8.10. The van der Waals surface area contributed by atoms with E-state index in [1.54, 1.807) is 10.4 Å². The smallest absolute Gasteiger partial charge is 0.206 e. The molecule has 3 nitrogen and oxygen atoms in total. The summed E-state index contributed by atoms with van der Waals surface area (Å²) in [6.45, 7) is 3.22. The molecule has 1 aromatic rings. The Bertz CT molecular complexity index is 508. The van der Waals surface area contributed by atoms with E-state index in [-0.39, 0.29) is 0 Å². The van der Waals surface area contributed by atoms with E-state index in [1.165, 1.54) is 11.3 Å². The van der Waals surface area contributed by atoms with Gasteiger partial charge in [0.15, 0.2) is 0 Å².